The molecule has 1 N–H and O–H groups in total. The summed E-state index contributed by atoms with van der Waals surface area (Å²) in [4.78, 5) is 25.0. The summed E-state index contributed by atoms with van der Waals surface area (Å²) in [5.74, 6) is -0.584. The maximum Gasteiger partial charge on any atom is 0.326 e. The monoisotopic (exact) mass is 241 g/mol. The highest BCUT2D eigenvalue weighted by molar-refractivity contribution is 5.85. The Bertz CT molecular complexity index is 288. The van der Waals surface area contributed by atoms with Gasteiger partial charge in [0.1, 0.15) is 6.04 Å². The van der Waals surface area contributed by atoms with Gasteiger partial charge in [0.25, 0.3) is 0 Å². The summed E-state index contributed by atoms with van der Waals surface area (Å²) >= 11 is 0. The van der Waals surface area contributed by atoms with E-state index in [2.05, 4.69) is 6.92 Å². The minimum Gasteiger partial charge on any atom is -0.480 e. The van der Waals surface area contributed by atoms with Crippen LogP contribution in [0.3, 0.4) is 0 Å². The third-order valence-electron chi connectivity index (χ3n) is 3.54. The van der Waals surface area contributed by atoms with Crippen LogP contribution in [-0.4, -0.2) is 34.5 Å². The molecule has 98 valence electrons. The van der Waals surface area contributed by atoms with Crippen LogP contribution in [0.25, 0.3) is 0 Å². The molecule has 1 heterocycles. The molecule has 1 saturated heterocycles. The first kappa shape index (κ1) is 14.0. The molecule has 1 rings (SSSR count). The van der Waals surface area contributed by atoms with E-state index in [1.165, 1.54) is 0 Å². The maximum absolute atomic E-state index is 12.4. The van der Waals surface area contributed by atoms with E-state index < -0.39 is 12.0 Å². The molecular weight excluding hydrogens is 218 g/mol. The van der Waals surface area contributed by atoms with Crippen molar-refractivity contribution in [2.75, 3.05) is 6.54 Å². The Morgan fingerprint density at radius 3 is 2.53 bits per heavy atom. The summed E-state index contributed by atoms with van der Waals surface area (Å²) in [5.41, 5.74) is 0. The average Bonchev–Trinajstić information content (AvgIpc) is 2.73. The standard InChI is InChI=1S/C13H23NO3/c1-4-6-10(9(2)3)12(15)14-8-5-7-11(14)13(16)17/h9-11H,4-8H2,1-3H3,(H,16,17)/t10?,11-/m0/s1. The van der Waals surface area contributed by atoms with Crippen molar-refractivity contribution in [2.45, 2.75) is 52.5 Å². The summed E-state index contributed by atoms with van der Waals surface area (Å²) in [6, 6.07) is -0.597. The van der Waals surface area contributed by atoms with E-state index in [-0.39, 0.29) is 17.7 Å². The van der Waals surface area contributed by atoms with Crippen LogP contribution in [0.2, 0.25) is 0 Å². The Morgan fingerprint density at radius 2 is 2.06 bits per heavy atom. The van der Waals surface area contributed by atoms with Gasteiger partial charge in [0.2, 0.25) is 5.91 Å². The van der Waals surface area contributed by atoms with Crippen molar-refractivity contribution in [2.24, 2.45) is 11.8 Å². The summed E-state index contributed by atoms with van der Waals surface area (Å²) < 4.78 is 0. The molecule has 0 aromatic carbocycles. The lowest BCUT2D eigenvalue weighted by molar-refractivity contribution is -0.150. The Hall–Kier alpha value is -1.06. The van der Waals surface area contributed by atoms with E-state index in [0.717, 1.165) is 19.3 Å². The molecule has 1 aliphatic heterocycles. The number of carbonyl (C=O) groups is 2. The number of hydrogen-bond donors (Lipinski definition) is 1. The highest BCUT2D eigenvalue weighted by Gasteiger charge is 2.37. The van der Waals surface area contributed by atoms with Gasteiger partial charge in [0.05, 0.1) is 0 Å². The quantitative estimate of drug-likeness (QED) is 0.802. The van der Waals surface area contributed by atoms with Gasteiger partial charge in [0.15, 0.2) is 0 Å². The largest absolute Gasteiger partial charge is 0.480 e. The molecule has 1 aliphatic rings. The van der Waals surface area contributed by atoms with Gasteiger partial charge >= 0.3 is 5.97 Å². The molecule has 0 radical (unpaired) electrons. The van der Waals surface area contributed by atoms with Crippen LogP contribution in [0.4, 0.5) is 0 Å². The van der Waals surface area contributed by atoms with Crippen LogP contribution in [0, 0.1) is 11.8 Å². The van der Waals surface area contributed by atoms with E-state index in [1.54, 1.807) is 4.90 Å². The smallest absolute Gasteiger partial charge is 0.326 e. The molecule has 0 aromatic rings. The molecule has 1 unspecified atom stereocenters. The lowest BCUT2D eigenvalue weighted by Crippen LogP contribution is -2.44. The first-order valence-electron chi connectivity index (χ1n) is 6.52. The number of likely N-dealkylation sites (tertiary alicyclic amines) is 1. The molecule has 1 fully saturated rings. The number of aliphatic carboxylic acids is 1. The van der Waals surface area contributed by atoms with Crippen LogP contribution in [0.15, 0.2) is 0 Å². The fourth-order valence-electron chi connectivity index (χ4n) is 2.55. The van der Waals surface area contributed by atoms with E-state index >= 15 is 0 Å². The second kappa shape index (κ2) is 6.03. The van der Waals surface area contributed by atoms with Crippen molar-refractivity contribution in [3.63, 3.8) is 0 Å². The van der Waals surface area contributed by atoms with Gasteiger partial charge < -0.3 is 10.0 Å². The third-order valence-corrected chi connectivity index (χ3v) is 3.54. The highest BCUT2D eigenvalue weighted by Crippen LogP contribution is 2.25. The van der Waals surface area contributed by atoms with Gasteiger partial charge in [-0.1, -0.05) is 27.2 Å². The predicted octanol–water partition coefficient (Wildman–Crippen LogP) is 2.13. The average molecular weight is 241 g/mol. The van der Waals surface area contributed by atoms with Crippen molar-refractivity contribution in [1.29, 1.82) is 0 Å². The Balaban J connectivity index is 2.75. The number of amides is 1. The first-order chi connectivity index (χ1) is 7.99. The topological polar surface area (TPSA) is 57.6 Å². The van der Waals surface area contributed by atoms with Crippen LogP contribution in [-0.2, 0) is 9.59 Å². The molecule has 17 heavy (non-hydrogen) atoms. The number of carboxylic acids is 1. The lowest BCUT2D eigenvalue weighted by atomic mass is 9.90. The van der Waals surface area contributed by atoms with Crippen molar-refractivity contribution < 1.29 is 14.7 Å². The number of hydrogen-bond acceptors (Lipinski definition) is 2. The summed E-state index contributed by atoms with van der Waals surface area (Å²) in [6.45, 7) is 6.72. The number of carbonyl (C=O) groups excluding carboxylic acids is 1. The molecule has 2 atom stereocenters. The van der Waals surface area contributed by atoms with Gasteiger partial charge in [-0.15, -0.1) is 0 Å². The van der Waals surface area contributed by atoms with Gasteiger partial charge in [-0.2, -0.15) is 0 Å². The van der Waals surface area contributed by atoms with Crippen molar-refractivity contribution in [3.05, 3.63) is 0 Å². The zero-order valence-electron chi connectivity index (χ0n) is 11.0. The molecule has 0 aromatic heterocycles. The molecule has 0 bridgehead atoms. The molecule has 0 saturated carbocycles. The maximum atomic E-state index is 12.4. The minimum absolute atomic E-state index is 0.0278. The Kier molecular flexibility index (Phi) is 4.97. The molecule has 1 amide bonds. The molecular formula is C13H23NO3. The van der Waals surface area contributed by atoms with E-state index in [4.69, 9.17) is 5.11 Å². The first-order valence-corrected chi connectivity index (χ1v) is 6.52. The highest BCUT2D eigenvalue weighted by atomic mass is 16.4. The van der Waals surface area contributed by atoms with Crippen molar-refractivity contribution in [3.8, 4) is 0 Å². The summed E-state index contributed by atoms with van der Waals surface area (Å²) in [6.07, 6.45) is 3.21. The molecule has 0 aliphatic carbocycles. The van der Waals surface area contributed by atoms with Crippen LogP contribution < -0.4 is 0 Å². The lowest BCUT2D eigenvalue weighted by Gasteiger charge is -2.28. The van der Waals surface area contributed by atoms with Crippen LogP contribution >= 0.6 is 0 Å². The van der Waals surface area contributed by atoms with E-state index in [0.29, 0.717) is 13.0 Å². The minimum atomic E-state index is -0.866. The number of nitrogens with zero attached hydrogens (tertiary/aromatic N) is 1. The Morgan fingerprint density at radius 1 is 1.41 bits per heavy atom. The predicted molar refractivity (Wildman–Crippen MR) is 65.6 cm³/mol. The summed E-state index contributed by atoms with van der Waals surface area (Å²) in [5, 5.41) is 9.09. The normalized spacial score (nSPS) is 21.9. The van der Waals surface area contributed by atoms with Gasteiger partial charge in [-0.25, -0.2) is 4.79 Å². The third kappa shape index (κ3) is 3.20. The molecule has 0 spiro atoms. The molecule has 4 heteroatoms. The van der Waals surface area contributed by atoms with Gasteiger partial charge in [-0.05, 0) is 25.2 Å². The van der Waals surface area contributed by atoms with Gasteiger partial charge in [-0.3, -0.25) is 4.79 Å². The van der Waals surface area contributed by atoms with E-state index in [9.17, 15) is 9.59 Å². The Labute approximate surface area is 103 Å². The molecule has 4 nitrogen and oxygen atoms in total. The van der Waals surface area contributed by atoms with Gasteiger partial charge in [0, 0.05) is 12.5 Å². The number of rotatable bonds is 5. The van der Waals surface area contributed by atoms with Crippen LogP contribution in [0.1, 0.15) is 46.5 Å². The van der Waals surface area contributed by atoms with Crippen LogP contribution in [0.5, 0.6) is 0 Å². The summed E-state index contributed by atoms with van der Waals surface area (Å²) in [7, 11) is 0. The second-order valence-electron chi connectivity index (χ2n) is 5.17. The van der Waals surface area contributed by atoms with Crippen molar-refractivity contribution in [1.82, 2.24) is 4.90 Å². The fourth-order valence-corrected chi connectivity index (χ4v) is 2.55. The second-order valence-corrected chi connectivity index (χ2v) is 5.17. The fraction of sp³-hybridized carbons (Fsp3) is 0.846. The zero-order chi connectivity index (χ0) is 13.0. The zero-order valence-corrected chi connectivity index (χ0v) is 11.0. The van der Waals surface area contributed by atoms with Crippen molar-refractivity contribution >= 4 is 11.9 Å². The number of carboxylic acid groups (broad SMARTS) is 1. The van der Waals surface area contributed by atoms with E-state index in [1.807, 2.05) is 13.8 Å². The SMILES string of the molecule is CCCC(C(=O)N1CCC[C@H]1C(=O)O)C(C)C.